The Morgan fingerprint density at radius 1 is 1.21 bits per heavy atom. The molecule has 0 amide bonds. The molecule has 1 unspecified atom stereocenters. The van der Waals surface area contributed by atoms with Crippen LogP contribution in [0.2, 0.25) is 0 Å². The Bertz CT molecular complexity index is 548. The summed E-state index contributed by atoms with van der Waals surface area (Å²) < 4.78 is 51.0. The molecule has 19 heavy (non-hydrogen) atoms. The maximum Gasteiger partial charge on any atom is 0.419 e. The highest BCUT2D eigenvalue weighted by Gasteiger charge is 2.34. The fraction of sp³-hybridized carbons (Fsp3) is 0.231. The molecular formula is C13H9BrF4S. The van der Waals surface area contributed by atoms with E-state index in [0.717, 1.165) is 17.0 Å². The van der Waals surface area contributed by atoms with E-state index in [-0.39, 0.29) is 4.83 Å². The molecule has 0 fully saturated rings. The monoisotopic (exact) mass is 352 g/mol. The second-order valence-corrected chi connectivity index (χ2v) is 6.13. The molecule has 0 radical (unpaired) electrons. The molecule has 1 aromatic carbocycles. The zero-order valence-electron chi connectivity index (χ0n) is 9.55. The Morgan fingerprint density at radius 3 is 2.53 bits per heavy atom. The molecule has 0 saturated carbocycles. The molecule has 1 aromatic heterocycles. The average molecular weight is 353 g/mol. The van der Waals surface area contributed by atoms with Crippen LogP contribution in [0, 0.1) is 5.82 Å². The van der Waals surface area contributed by atoms with Gasteiger partial charge in [0.15, 0.2) is 0 Å². The maximum absolute atomic E-state index is 13.2. The first-order chi connectivity index (χ1) is 8.88. The number of thiophene rings is 1. The van der Waals surface area contributed by atoms with Crippen molar-refractivity contribution in [2.45, 2.75) is 17.4 Å². The van der Waals surface area contributed by atoms with E-state index in [1.807, 2.05) is 17.5 Å². The van der Waals surface area contributed by atoms with Crippen LogP contribution < -0.4 is 0 Å². The summed E-state index contributed by atoms with van der Waals surface area (Å²) in [6.07, 6.45) is -4.10. The van der Waals surface area contributed by atoms with Crippen LogP contribution in [0.1, 0.15) is 20.8 Å². The Hall–Kier alpha value is -0.880. The smallest absolute Gasteiger partial charge is 0.206 e. The van der Waals surface area contributed by atoms with E-state index in [0.29, 0.717) is 12.0 Å². The van der Waals surface area contributed by atoms with Crippen molar-refractivity contribution in [3.63, 3.8) is 0 Å². The number of hydrogen-bond donors (Lipinski definition) is 0. The van der Waals surface area contributed by atoms with Crippen molar-refractivity contribution in [1.82, 2.24) is 0 Å². The predicted molar refractivity (Wildman–Crippen MR) is 71.1 cm³/mol. The van der Waals surface area contributed by atoms with Gasteiger partial charge in [-0.25, -0.2) is 4.39 Å². The Balaban J connectivity index is 2.25. The minimum Gasteiger partial charge on any atom is -0.206 e. The topological polar surface area (TPSA) is 0 Å². The Labute approximate surface area is 120 Å². The van der Waals surface area contributed by atoms with Crippen LogP contribution in [0.25, 0.3) is 0 Å². The molecule has 0 aliphatic carbocycles. The molecule has 2 rings (SSSR count). The Morgan fingerprint density at radius 2 is 1.95 bits per heavy atom. The predicted octanol–water partition coefficient (Wildman–Crippen LogP) is 5.58. The van der Waals surface area contributed by atoms with Crippen LogP contribution in [0.5, 0.6) is 0 Å². The van der Waals surface area contributed by atoms with Crippen molar-refractivity contribution in [2.75, 3.05) is 0 Å². The highest BCUT2D eigenvalue weighted by Crippen LogP contribution is 2.35. The third-order valence-corrected chi connectivity index (χ3v) is 4.37. The standard InChI is InChI=1S/C13H9BrF4S/c14-11(7-9-2-1-5-19-9)8-3-4-12(15)10(6-8)13(16,17)18/h1-6,11H,7H2. The first-order valence-corrected chi connectivity index (χ1v) is 7.20. The highest BCUT2D eigenvalue weighted by atomic mass is 79.9. The van der Waals surface area contributed by atoms with Gasteiger partial charge in [0.25, 0.3) is 0 Å². The molecule has 102 valence electrons. The molecule has 2 aromatic rings. The van der Waals surface area contributed by atoms with Crippen LogP contribution in [-0.2, 0) is 12.6 Å². The number of hydrogen-bond acceptors (Lipinski definition) is 1. The summed E-state index contributed by atoms with van der Waals surface area (Å²) in [7, 11) is 0. The summed E-state index contributed by atoms with van der Waals surface area (Å²) in [5.41, 5.74) is -0.803. The average Bonchev–Trinajstić information content (AvgIpc) is 2.80. The second-order valence-electron chi connectivity index (χ2n) is 3.99. The van der Waals surface area contributed by atoms with Gasteiger partial charge < -0.3 is 0 Å². The normalized spacial score (nSPS) is 13.5. The fourth-order valence-corrected chi connectivity index (χ4v) is 3.28. The summed E-state index contributed by atoms with van der Waals surface area (Å²) in [4.78, 5) is 0.785. The maximum atomic E-state index is 13.2. The molecular weight excluding hydrogens is 344 g/mol. The third kappa shape index (κ3) is 3.57. The van der Waals surface area contributed by atoms with Crippen LogP contribution in [0.3, 0.4) is 0 Å². The SMILES string of the molecule is Fc1ccc(C(Br)Cc2cccs2)cc1C(F)(F)F. The van der Waals surface area contributed by atoms with Gasteiger partial charge in [0.2, 0.25) is 0 Å². The molecule has 6 heteroatoms. The van der Waals surface area contributed by atoms with Crippen LogP contribution in [0.15, 0.2) is 35.7 Å². The van der Waals surface area contributed by atoms with Crippen molar-refractivity contribution in [3.05, 3.63) is 57.5 Å². The zero-order chi connectivity index (χ0) is 14.0. The summed E-state index contributed by atoms with van der Waals surface area (Å²) in [6, 6.07) is 6.89. The summed E-state index contributed by atoms with van der Waals surface area (Å²) in [6.45, 7) is 0. The van der Waals surface area contributed by atoms with E-state index in [9.17, 15) is 17.6 Å². The van der Waals surface area contributed by atoms with Gasteiger partial charge in [0, 0.05) is 9.70 Å². The number of halogens is 5. The quantitative estimate of drug-likeness (QED) is 0.499. The van der Waals surface area contributed by atoms with Crippen molar-refractivity contribution >= 4 is 27.3 Å². The third-order valence-electron chi connectivity index (χ3n) is 2.62. The molecule has 0 aliphatic heterocycles. The molecule has 0 spiro atoms. The minimum atomic E-state index is -4.67. The molecule has 0 bridgehead atoms. The lowest BCUT2D eigenvalue weighted by atomic mass is 10.0. The highest BCUT2D eigenvalue weighted by molar-refractivity contribution is 9.09. The zero-order valence-corrected chi connectivity index (χ0v) is 11.9. The van der Waals surface area contributed by atoms with Gasteiger partial charge in [-0.15, -0.1) is 11.3 Å². The number of alkyl halides is 4. The van der Waals surface area contributed by atoms with Gasteiger partial charge in [0.1, 0.15) is 5.82 Å². The lowest BCUT2D eigenvalue weighted by Gasteiger charge is -2.13. The lowest BCUT2D eigenvalue weighted by molar-refractivity contribution is -0.140. The van der Waals surface area contributed by atoms with Gasteiger partial charge in [-0.1, -0.05) is 28.1 Å². The minimum absolute atomic E-state index is 0.271. The van der Waals surface area contributed by atoms with E-state index in [1.165, 1.54) is 17.4 Å². The van der Waals surface area contributed by atoms with Gasteiger partial charge in [-0.2, -0.15) is 13.2 Å². The largest absolute Gasteiger partial charge is 0.419 e. The molecule has 0 saturated heterocycles. The van der Waals surface area contributed by atoms with E-state index < -0.39 is 17.6 Å². The van der Waals surface area contributed by atoms with Crippen molar-refractivity contribution < 1.29 is 17.6 Å². The van der Waals surface area contributed by atoms with E-state index >= 15 is 0 Å². The summed E-state index contributed by atoms with van der Waals surface area (Å²) in [5.74, 6) is -1.24. The summed E-state index contributed by atoms with van der Waals surface area (Å²) in [5, 5.41) is 1.90. The lowest BCUT2D eigenvalue weighted by Crippen LogP contribution is -2.09. The van der Waals surface area contributed by atoms with E-state index in [2.05, 4.69) is 15.9 Å². The summed E-state index contributed by atoms with van der Waals surface area (Å²) >= 11 is 4.88. The molecule has 0 aliphatic rings. The van der Waals surface area contributed by atoms with Crippen LogP contribution in [-0.4, -0.2) is 0 Å². The second kappa shape index (κ2) is 5.63. The van der Waals surface area contributed by atoms with Gasteiger partial charge in [0.05, 0.1) is 5.56 Å². The van der Waals surface area contributed by atoms with Gasteiger partial charge in [-0.3, -0.25) is 0 Å². The number of benzene rings is 1. The molecule has 1 heterocycles. The van der Waals surface area contributed by atoms with Crippen molar-refractivity contribution in [2.24, 2.45) is 0 Å². The van der Waals surface area contributed by atoms with Crippen molar-refractivity contribution in [3.8, 4) is 0 Å². The molecule has 0 N–H and O–H groups in total. The first-order valence-electron chi connectivity index (χ1n) is 5.41. The van der Waals surface area contributed by atoms with Crippen molar-refractivity contribution in [1.29, 1.82) is 0 Å². The van der Waals surface area contributed by atoms with Crippen LogP contribution >= 0.6 is 27.3 Å². The molecule has 0 nitrogen and oxygen atoms in total. The fourth-order valence-electron chi connectivity index (χ4n) is 1.68. The van der Waals surface area contributed by atoms with E-state index in [4.69, 9.17) is 0 Å². The van der Waals surface area contributed by atoms with Crippen LogP contribution in [0.4, 0.5) is 17.6 Å². The number of rotatable bonds is 3. The van der Waals surface area contributed by atoms with E-state index in [1.54, 1.807) is 0 Å². The van der Waals surface area contributed by atoms with Gasteiger partial charge in [-0.05, 0) is 35.6 Å². The first kappa shape index (κ1) is 14.5. The van der Waals surface area contributed by atoms with Gasteiger partial charge >= 0.3 is 6.18 Å². The molecule has 1 atom stereocenters. The Kier molecular flexibility index (Phi) is 4.30.